The summed E-state index contributed by atoms with van der Waals surface area (Å²) in [5, 5.41) is 12.5. The van der Waals surface area contributed by atoms with Crippen molar-refractivity contribution in [2.24, 2.45) is 0 Å². The van der Waals surface area contributed by atoms with Crippen molar-refractivity contribution >= 4 is 69.0 Å². The molecule has 1 N–H and O–H groups in total. The standard InChI is InChI=1S/C68H75IN4O.Cu/c1-63(2,3)43-29-40(30-44(35-43)64(4,5)6)58-50-23-24-51(70-50)59(41-31-45(65(7,8)9)36-46(32-41)66(10,11)12)53-27-28-55(72-53)61(39-19-21-49(69)22-20-39)62-57(74)38-56(73-62)60(54-26-25-52(58)71-54)42-33-47(67(13,14)15)37-48(34-42)68(16,17)18;/h19-38H,1-18H3,(H-2,70,71,72,73,74);/q-2;+2. The summed E-state index contributed by atoms with van der Waals surface area (Å²) in [4.78, 5) is 22.6. The Bertz CT molecular complexity index is 3520. The van der Waals surface area contributed by atoms with Gasteiger partial charge in [0.2, 0.25) is 0 Å². The molecule has 1 radical (unpaired) electrons. The van der Waals surface area contributed by atoms with Gasteiger partial charge in [-0.05, 0) is 175 Å². The molecule has 0 atom stereocenters. The third-order valence-electron chi connectivity index (χ3n) is 14.7. The summed E-state index contributed by atoms with van der Waals surface area (Å²) in [5.74, 6) is 0.0782. The first-order valence-electron chi connectivity index (χ1n) is 26.3. The van der Waals surface area contributed by atoms with Crippen molar-refractivity contribution in [1.29, 1.82) is 0 Å². The van der Waals surface area contributed by atoms with Gasteiger partial charge >= 0.3 is 17.1 Å². The monoisotopic (exact) mass is 1150 g/mol. The van der Waals surface area contributed by atoms with Crippen LogP contribution in [0.15, 0.2) is 97.1 Å². The molecule has 3 aromatic heterocycles. The minimum absolute atomic E-state index is 0. The van der Waals surface area contributed by atoms with E-state index in [2.05, 4.69) is 263 Å². The van der Waals surface area contributed by atoms with Gasteiger partial charge in [0.25, 0.3) is 0 Å². The van der Waals surface area contributed by atoms with Crippen molar-refractivity contribution in [2.45, 2.75) is 157 Å². The third-order valence-corrected chi connectivity index (χ3v) is 15.4. The Morgan fingerprint density at radius 2 is 0.640 bits per heavy atom. The molecule has 2 aliphatic rings. The second-order valence-electron chi connectivity index (χ2n) is 26.9. The normalized spacial score (nSPS) is 13.4. The number of hydrogen-bond donors (Lipinski definition) is 1. The predicted molar refractivity (Wildman–Crippen MR) is 325 cm³/mol. The molecule has 0 spiro atoms. The Morgan fingerprint density at radius 3 is 0.947 bits per heavy atom. The van der Waals surface area contributed by atoms with Crippen LogP contribution in [-0.2, 0) is 49.6 Å². The van der Waals surface area contributed by atoms with E-state index in [1.807, 2.05) is 6.07 Å². The van der Waals surface area contributed by atoms with Gasteiger partial charge in [-0.3, -0.25) is 0 Å². The summed E-state index contributed by atoms with van der Waals surface area (Å²) >= 11 is 2.35. The van der Waals surface area contributed by atoms with E-state index in [9.17, 15) is 5.11 Å². The zero-order valence-corrected chi connectivity index (χ0v) is 50.6. The molecule has 0 aliphatic carbocycles. The van der Waals surface area contributed by atoms with Crippen LogP contribution in [0.3, 0.4) is 0 Å². The molecule has 75 heavy (non-hydrogen) atoms. The number of aromatic hydroxyl groups is 1. The molecule has 8 bridgehead atoms. The number of halogens is 1. The first-order chi connectivity index (χ1) is 34.2. The smallest absolute Gasteiger partial charge is 0.657 e. The van der Waals surface area contributed by atoms with Gasteiger partial charge in [0.15, 0.2) is 0 Å². The van der Waals surface area contributed by atoms with Crippen LogP contribution in [0.4, 0.5) is 0 Å². The molecule has 0 amide bonds. The minimum atomic E-state index is -0.150. The largest absolute Gasteiger partial charge is 2.00 e. The first-order valence-corrected chi connectivity index (χ1v) is 27.4. The number of hydrogen-bond acceptors (Lipinski definition) is 3. The van der Waals surface area contributed by atoms with Gasteiger partial charge < -0.3 is 15.1 Å². The Labute approximate surface area is 471 Å². The van der Waals surface area contributed by atoms with Crippen molar-refractivity contribution in [3.05, 3.63) is 157 Å². The molecule has 2 aliphatic heterocycles. The molecule has 391 valence electrons. The predicted octanol–water partition coefficient (Wildman–Crippen LogP) is 18.7. The molecule has 0 unspecified atom stereocenters. The number of benzene rings is 4. The average Bonchev–Trinajstić information content (AvgIpc) is 4.13. The maximum Gasteiger partial charge on any atom is 2.00 e. The van der Waals surface area contributed by atoms with Crippen molar-refractivity contribution in [1.82, 2.24) is 19.9 Å². The summed E-state index contributed by atoms with van der Waals surface area (Å²) in [7, 11) is 0. The van der Waals surface area contributed by atoms with E-state index < -0.39 is 0 Å². The number of nitrogens with zero attached hydrogens (tertiary/aromatic N) is 4. The molecule has 5 heterocycles. The molecule has 7 aromatic rings. The van der Waals surface area contributed by atoms with Gasteiger partial charge in [0.1, 0.15) is 0 Å². The van der Waals surface area contributed by atoms with Crippen LogP contribution >= 0.6 is 22.6 Å². The Kier molecular flexibility index (Phi) is 14.5. The molecule has 7 heteroatoms. The van der Waals surface area contributed by atoms with E-state index in [1.54, 1.807) is 0 Å². The van der Waals surface area contributed by atoms with Crippen molar-refractivity contribution in [3.63, 3.8) is 0 Å². The summed E-state index contributed by atoms with van der Waals surface area (Å²) < 4.78 is 1.11. The van der Waals surface area contributed by atoms with Gasteiger partial charge in [-0.25, -0.2) is 9.97 Å². The average molecular weight is 1150 g/mol. The number of aromatic nitrogens is 4. The fourth-order valence-corrected chi connectivity index (χ4v) is 10.2. The van der Waals surface area contributed by atoms with E-state index in [1.165, 1.54) is 33.4 Å². The zero-order chi connectivity index (χ0) is 53.8. The second-order valence-corrected chi connectivity index (χ2v) is 28.2. The van der Waals surface area contributed by atoms with Crippen LogP contribution in [0.1, 0.15) is 181 Å². The van der Waals surface area contributed by atoms with Crippen LogP contribution in [0.2, 0.25) is 0 Å². The summed E-state index contributed by atoms with van der Waals surface area (Å²) in [5.41, 5.74) is 19.9. The van der Waals surface area contributed by atoms with Crippen LogP contribution in [0, 0.1) is 3.57 Å². The van der Waals surface area contributed by atoms with Crippen molar-refractivity contribution in [2.75, 3.05) is 0 Å². The maximum atomic E-state index is 12.5. The SMILES string of the molecule is CC(C)(C)c1cc(-c2c3nc(c(-c4cc(C(C)(C)C)cc(C(C)(C)C)c4)c4cc(O)c([n-]4)c(-c4ccc(I)cc4)c4nc(c(-c5cc(C(C)(C)C)cc(C(C)(C)C)c5)c5ccc2[n-]5)C=C4)C=C3)cc(C(C)(C)C)c1.[Cu+2]. The van der Waals surface area contributed by atoms with E-state index in [0.717, 1.165) is 76.2 Å². The molecule has 0 saturated carbocycles. The van der Waals surface area contributed by atoms with Crippen molar-refractivity contribution in [3.8, 4) is 50.3 Å². The molecular weight excluding hydrogens is 1080 g/mol. The molecule has 9 rings (SSSR count). The van der Waals surface area contributed by atoms with Gasteiger partial charge in [-0.15, -0.1) is 16.6 Å². The number of fused-ring (bicyclic) bond motifs is 8. The molecule has 5 nitrogen and oxygen atoms in total. The molecule has 0 fully saturated rings. The Balaban J connectivity index is 0.00000747. The van der Waals surface area contributed by atoms with E-state index >= 15 is 0 Å². The fourth-order valence-electron chi connectivity index (χ4n) is 9.86. The zero-order valence-electron chi connectivity index (χ0n) is 47.5. The first kappa shape index (κ1) is 55.8. The van der Waals surface area contributed by atoms with Crippen LogP contribution in [0.5, 0.6) is 5.75 Å². The number of rotatable bonds is 4. The topological polar surface area (TPSA) is 74.2 Å². The van der Waals surface area contributed by atoms with E-state index in [4.69, 9.17) is 19.9 Å². The van der Waals surface area contributed by atoms with E-state index in [0.29, 0.717) is 16.7 Å². The third kappa shape index (κ3) is 11.3. The van der Waals surface area contributed by atoms with Crippen LogP contribution < -0.4 is 9.97 Å². The van der Waals surface area contributed by atoms with Gasteiger partial charge in [-0.1, -0.05) is 209 Å². The fraction of sp³-hybridized carbons (Fsp3) is 0.353. The van der Waals surface area contributed by atoms with Crippen molar-refractivity contribution < 1.29 is 22.2 Å². The van der Waals surface area contributed by atoms with Gasteiger partial charge in [-0.2, -0.15) is 0 Å². The Hall–Kier alpha value is -5.47. The molecular formula is C68H75CuIN4O. The molecule has 0 saturated heterocycles. The molecule has 4 aromatic carbocycles. The van der Waals surface area contributed by atoms with Gasteiger partial charge in [0.05, 0.1) is 28.5 Å². The quantitative estimate of drug-likeness (QED) is 0.140. The summed E-state index contributed by atoms with van der Waals surface area (Å²) in [6.07, 6.45) is 8.49. The maximum absolute atomic E-state index is 12.5. The van der Waals surface area contributed by atoms with E-state index in [-0.39, 0.29) is 55.3 Å². The van der Waals surface area contributed by atoms with Crippen LogP contribution in [-0.4, -0.2) is 15.1 Å². The van der Waals surface area contributed by atoms with Crippen LogP contribution in [0.25, 0.3) is 90.9 Å². The second kappa shape index (κ2) is 19.5. The Morgan fingerprint density at radius 1 is 0.347 bits per heavy atom. The summed E-state index contributed by atoms with van der Waals surface area (Å²) in [6.45, 7) is 41.0. The summed E-state index contributed by atoms with van der Waals surface area (Å²) in [6, 6.07) is 35.6. The minimum Gasteiger partial charge on any atom is -0.657 e. The van der Waals surface area contributed by atoms with Gasteiger partial charge in [0, 0.05) is 3.57 Å².